The highest BCUT2D eigenvalue weighted by Gasteiger charge is 2.20. The molecule has 0 aliphatic heterocycles. The molecule has 3 rings (SSSR count). The fourth-order valence-corrected chi connectivity index (χ4v) is 4.72. The molecule has 3 aromatic rings. The number of aromatic nitrogens is 2. The molecule has 0 saturated heterocycles. The van der Waals surface area contributed by atoms with E-state index in [4.69, 9.17) is 11.6 Å². The van der Waals surface area contributed by atoms with Crippen molar-refractivity contribution < 1.29 is 13.2 Å². The first-order chi connectivity index (χ1) is 16.2. The molecule has 182 valence electrons. The highest BCUT2D eigenvalue weighted by Crippen LogP contribution is 2.19. The van der Waals surface area contributed by atoms with Crippen molar-refractivity contribution in [2.45, 2.75) is 50.5 Å². The number of rotatable bonds is 9. The third kappa shape index (κ3) is 5.87. The minimum atomic E-state index is -4.03. The Morgan fingerprint density at radius 2 is 1.82 bits per heavy atom. The number of sulfonamides is 1. The fourth-order valence-electron chi connectivity index (χ4n) is 3.62. The number of fused-ring (bicyclic) bond motifs is 1. The van der Waals surface area contributed by atoms with E-state index in [1.54, 1.807) is 24.3 Å². The first-order valence-corrected chi connectivity index (χ1v) is 12.9. The van der Waals surface area contributed by atoms with Crippen LogP contribution in [0, 0.1) is 0 Å². The Balaban J connectivity index is 1.81. The van der Waals surface area contributed by atoms with Crippen molar-refractivity contribution in [2.24, 2.45) is 0 Å². The van der Waals surface area contributed by atoms with E-state index in [1.165, 1.54) is 22.8 Å². The van der Waals surface area contributed by atoms with Crippen molar-refractivity contribution in [3.05, 3.63) is 73.9 Å². The van der Waals surface area contributed by atoms with Crippen LogP contribution in [-0.4, -0.2) is 30.5 Å². The van der Waals surface area contributed by atoms with Gasteiger partial charge in [-0.1, -0.05) is 44.0 Å². The van der Waals surface area contributed by atoms with Crippen molar-refractivity contribution in [3.8, 4) is 0 Å². The van der Waals surface area contributed by atoms with Crippen LogP contribution in [0.1, 0.15) is 44.7 Å². The van der Waals surface area contributed by atoms with Crippen LogP contribution in [0.4, 0.5) is 4.79 Å². The molecule has 2 amide bonds. The zero-order valence-corrected chi connectivity index (χ0v) is 20.5. The van der Waals surface area contributed by atoms with Crippen LogP contribution >= 0.6 is 11.6 Å². The van der Waals surface area contributed by atoms with E-state index in [-0.39, 0.29) is 4.90 Å². The molecule has 1 heterocycles. The second-order valence-electron chi connectivity index (χ2n) is 7.92. The van der Waals surface area contributed by atoms with E-state index in [0.717, 1.165) is 18.4 Å². The van der Waals surface area contributed by atoms with Gasteiger partial charge in [-0.2, -0.15) is 0 Å². The number of amides is 2. The number of halogens is 1. The number of H-pyrrole nitrogens is 1. The number of benzene rings is 2. The topological polar surface area (TPSA) is 130 Å². The number of unbranched alkanes of at least 4 members (excludes halogenated alkanes) is 1. The molecule has 0 radical (unpaired) electrons. The maximum Gasteiger partial charge on any atom is 0.329 e. The van der Waals surface area contributed by atoms with Crippen LogP contribution in [0.15, 0.2) is 56.9 Å². The van der Waals surface area contributed by atoms with Gasteiger partial charge in [0.1, 0.15) is 0 Å². The zero-order chi connectivity index (χ0) is 24.9. The molecule has 9 nitrogen and oxygen atoms in total. The third-order valence-corrected chi connectivity index (χ3v) is 7.06. The predicted octanol–water partition coefficient (Wildman–Crippen LogP) is 3.33. The average molecular weight is 507 g/mol. The van der Waals surface area contributed by atoms with Crippen LogP contribution in [0.25, 0.3) is 10.9 Å². The number of hydrogen-bond donors (Lipinski definition) is 3. The molecule has 1 aromatic heterocycles. The normalized spacial score (nSPS) is 12.4. The van der Waals surface area contributed by atoms with Gasteiger partial charge >= 0.3 is 11.7 Å². The lowest BCUT2D eigenvalue weighted by Gasteiger charge is -2.18. The highest BCUT2D eigenvalue weighted by atomic mass is 35.5. The Labute approximate surface area is 202 Å². The molecule has 0 saturated carbocycles. The Hall–Kier alpha value is -3.11. The Morgan fingerprint density at radius 3 is 2.47 bits per heavy atom. The lowest BCUT2D eigenvalue weighted by molar-refractivity contribution is 0.245. The van der Waals surface area contributed by atoms with Crippen LogP contribution in [0.5, 0.6) is 0 Å². The molecule has 0 fully saturated rings. The number of nitrogens with one attached hydrogen (secondary N) is 3. The van der Waals surface area contributed by atoms with Gasteiger partial charge in [0, 0.05) is 17.6 Å². The van der Waals surface area contributed by atoms with Gasteiger partial charge in [0.2, 0.25) is 0 Å². The summed E-state index contributed by atoms with van der Waals surface area (Å²) in [6.07, 6.45) is 2.44. The number of urea groups is 1. The van der Waals surface area contributed by atoms with Crippen molar-refractivity contribution in [1.29, 1.82) is 0 Å². The smallest absolute Gasteiger partial charge is 0.329 e. The van der Waals surface area contributed by atoms with Gasteiger partial charge in [-0.25, -0.2) is 22.7 Å². The summed E-state index contributed by atoms with van der Waals surface area (Å²) in [4.78, 5) is 40.2. The Kier molecular flexibility index (Phi) is 8.16. The van der Waals surface area contributed by atoms with Gasteiger partial charge in [-0.15, -0.1) is 0 Å². The Bertz CT molecular complexity index is 1400. The first kappa shape index (κ1) is 25.5. The predicted molar refractivity (Wildman–Crippen MR) is 132 cm³/mol. The second-order valence-corrected chi connectivity index (χ2v) is 10.0. The molecule has 34 heavy (non-hydrogen) atoms. The number of nitrogens with zero attached hydrogens (tertiary/aromatic N) is 1. The van der Waals surface area contributed by atoms with E-state index >= 15 is 0 Å². The lowest BCUT2D eigenvalue weighted by Crippen LogP contribution is -2.39. The maximum atomic E-state index is 13.0. The molecular formula is C23H27ClN4O5S. The van der Waals surface area contributed by atoms with Gasteiger partial charge in [-0.3, -0.25) is 9.36 Å². The quantitative estimate of drug-likeness (QED) is 0.383. The molecule has 3 N–H and O–H groups in total. The number of hydrogen-bond acceptors (Lipinski definition) is 5. The molecule has 0 aliphatic carbocycles. The second kappa shape index (κ2) is 10.9. The van der Waals surface area contributed by atoms with Gasteiger partial charge in [0.05, 0.1) is 15.8 Å². The zero-order valence-electron chi connectivity index (χ0n) is 18.9. The SMILES string of the molecule is CCCCNC(=O)NS(=O)(=O)c1ccc(CC(CC)n2c(=O)[nH]c3ccc(Cl)cc3c2=O)cc1. The molecule has 1 atom stereocenters. The van der Waals surface area contributed by atoms with Gasteiger partial charge in [0.15, 0.2) is 0 Å². The molecular weight excluding hydrogens is 480 g/mol. The highest BCUT2D eigenvalue weighted by molar-refractivity contribution is 7.90. The van der Waals surface area contributed by atoms with Crippen molar-refractivity contribution in [3.63, 3.8) is 0 Å². The van der Waals surface area contributed by atoms with Crippen LogP contribution in [0.2, 0.25) is 5.02 Å². The van der Waals surface area contributed by atoms with Crippen molar-refractivity contribution >= 4 is 38.6 Å². The van der Waals surface area contributed by atoms with Crippen molar-refractivity contribution in [1.82, 2.24) is 19.6 Å². The van der Waals surface area contributed by atoms with E-state index in [9.17, 15) is 22.8 Å². The molecule has 1 unspecified atom stereocenters. The standard InChI is InChI=1S/C23H27ClN4O5S/c1-3-5-12-25-22(30)27-34(32,33)18-9-6-15(7-10-18)13-17(4-2)28-21(29)19-14-16(24)8-11-20(19)26-23(28)31/h6-11,14,17H,3-5,12-13H2,1-2H3,(H,26,31)(H2,25,27,30). The lowest BCUT2D eigenvalue weighted by atomic mass is 10.0. The van der Waals surface area contributed by atoms with Crippen molar-refractivity contribution in [2.75, 3.05) is 6.54 Å². The van der Waals surface area contributed by atoms with Gasteiger partial charge < -0.3 is 10.3 Å². The average Bonchev–Trinajstić information content (AvgIpc) is 2.79. The molecule has 11 heteroatoms. The number of carbonyl (C=O) groups is 1. The molecule has 2 aromatic carbocycles. The largest absolute Gasteiger partial charge is 0.337 e. The third-order valence-electron chi connectivity index (χ3n) is 5.48. The number of carbonyl (C=O) groups excluding carboxylic acids is 1. The minimum Gasteiger partial charge on any atom is -0.337 e. The summed E-state index contributed by atoms with van der Waals surface area (Å²) in [7, 11) is -4.03. The van der Waals surface area contributed by atoms with Gasteiger partial charge in [0.25, 0.3) is 15.6 Å². The summed E-state index contributed by atoms with van der Waals surface area (Å²) in [5.41, 5.74) is 0.178. The van der Waals surface area contributed by atoms with Gasteiger partial charge in [-0.05, 0) is 55.2 Å². The van der Waals surface area contributed by atoms with E-state index in [2.05, 4.69) is 10.3 Å². The van der Waals surface area contributed by atoms with E-state index in [0.29, 0.717) is 35.3 Å². The summed E-state index contributed by atoms with van der Waals surface area (Å²) in [6.45, 7) is 4.20. The summed E-state index contributed by atoms with van der Waals surface area (Å²) >= 11 is 6.02. The summed E-state index contributed by atoms with van der Waals surface area (Å²) in [6, 6.07) is 9.44. The molecule has 0 spiro atoms. The minimum absolute atomic E-state index is 0.0645. The Morgan fingerprint density at radius 1 is 1.12 bits per heavy atom. The fraction of sp³-hybridized carbons (Fsp3) is 0.348. The first-order valence-electron chi connectivity index (χ1n) is 11.0. The van der Waals surface area contributed by atoms with E-state index in [1.807, 2.05) is 18.6 Å². The molecule has 0 aliphatic rings. The number of aromatic amines is 1. The van der Waals surface area contributed by atoms with Crippen LogP contribution < -0.4 is 21.3 Å². The summed E-state index contributed by atoms with van der Waals surface area (Å²) < 4.78 is 28.1. The summed E-state index contributed by atoms with van der Waals surface area (Å²) in [5.74, 6) is 0. The van der Waals surface area contributed by atoms with E-state index < -0.39 is 33.3 Å². The molecule has 0 bridgehead atoms. The maximum absolute atomic E-state index is 13.0. The monoisotopic (exact) mass is 506 g/mol. The van der Waals surface area contributed by atoms with Crippen LogP contribution in [-0.2, 0) is 16.4 Å². The summed E-state index contributed by atoms with van der Waals surface area (Å²) in [5, 5.41) is 3.20. The van der Waals surface area contributed by atoms with Crippen LogP contribution in [0.3, 0.4) is 0 Å².